The minimum absolute atomic E-state index is 0. The molecule has 0 amide bonds. The Morgan fingerprint density at radius 3 is 1.67 bits per heavy atom. The molecule has 0 atom stereocenters. The molecular weight excluding hydrogens is 299 g/mol. The minimum Gasteiger partial charge on any atom is -0.393 e. The van der Waals surface area contributed by atoms with Gasteiger partial charge in [-0.2, -0.15) is 0 Å². The van der Waals surface area contributed by atoms with Gasteiger partial charge in [0.2, 0.25) is 0 Å². The van der Waals surface area contributed by atoms with Gasteiger partial charge in [0, 0.05) is 18.0 Å². The van der Waals surface area contributed by atoms with Crippen molar-refractivity contribution in [2.75, 3.05) is 17.2 Å². The van der Waals surface area contributed by atoms with E-state index in [4.69, 9.17) is 17.2 Å². The van der Waals surface area contributed by atoms with E-state index in [1.165, 1.54) is 0 Å². The Morgan fingerprint density at radius 2 is 1.22 bits per heavy atom. The van der Waals surface area contributed by atoms with Crippen molar-refractivity contribution < 1.29 is 0 Å². The molecule has 0 aliphatic carbocycles. The molecule has 0 saturated carbocycles. The van der Waals surface area contributed by atoms with Gasteiger partial charge in [-0.1, -0.05) is 0 Å². The standard InChI is InChI=1S/C9H10N6.3ClH/c10-6-7(11)14-9(15-8(6)12)5-1-3-13-4-2-5;;;/h1-4H,10H2,(H4,11,12,14,15);3*1H. The number of hydrogen-bond donors (Lipinski definition) is 3. The molecule has 0 fully saturated rings. The van der Waals surface area contributed by atoms with Crippen molar-refractivity contribution in [1.82, 2.24) is 15.0 Å². The van der Waals surface area contributed by atoms with E-state index in [0.717, 1.165) is 5.56 Å². The van der Waals surface area contributed by atoms with Crippen molar-refractivity contribution in [1.29, 1.82) is 0 Å². The van der Waals surface area contributed by atoms with Crippen LogP contribution in [0.3, 0.4) is 0 Å². The van der Waals surface area contributed by atoms with Crippen molar-refractivity contribution in [3.05, 3.63) is 24.5 Å². The fourth-order valence-corrected chi connectivity index (χ4v) is 1.13. The summed E-state index contributed by atoms with van der Waals surface area (Å²) in [6, 6.07) is 3.54. The first kappa shape index (κ1) is 18.9. The maximum absolute atomic E-state index is 5.59. The Bertz CT molecular complexity index is 470. The summed E-state index contributed by atoms with van der Waals surface area (Å²) in [6.45, 7) is 0. The first-order valence-corrected chi connectivity index (χ1v) is 4.27. The lowest BCUT2D eigenvalue weighted by molar-refractivity contribution is 1.19. The van der Waals surface area contributed by atoms with Gasteiger partial charge >= 0.3 is 0 Å². The Kier molecular flexibility index (Phi) is 8.12. The first-order chi connectivity index (χ1) is 7.18. The van der Waals surface area contributed by atoms with Crippen LogP contribution in [0.4, 0.5) is 17.3 Å². The maximum Gasteiger partial charge on any atom is 0.164 e. The van der Waals surface area contributed by atoms with Crippen LogP contribution in [-0.2, 0) is 0 Å². The number of halogens is 3. The zero-order valence-corrected chi connectivity index (χ0v) is 11.6. The van der Waals surface area contributed by atoms with E-state index in [0.29, 0.717) is 5.82 Å². The highest BCUT2D eigenvalue weighted by molar-refractivity contribution is 5.86. The first-order valence-electron chi connectivity index (χ1n) is 4.27. The molecule has 100 valence electrons. The summed E-state index contributed by atoms with van der Waals surface area (Å²) in [7, 11) is 0. The lowest BCUT2D eigenvalue weighted by Crippen LogP contribution is -2.06. The summed E-state index contributed by atoms with van der Waals surface area (Å²) in [5, 5.41) is 0. The number of nitrogen functional groups attached to an aromatic ring is 3. The number of anilines is 3. The fourth-order valence-electron chi connectivity index (χ4n) is 1.13. The topological polar surface area (TPSA) is 117 Å². The van der Waals surface area contributed by atoms with Gasteiger partial charge in [-0.3, -0.25) is 4.98 Å². The van der Waals surface area contributed by atoms with E-state index in [1.54, 1.807) is 24.5 Å². The molecule has 0 unspecified atom stereocenters. The van der Waals surface area contributed by atoms with Gasteiger partial charge in [0.1, 0.15) is 5.69 Å². The highest BCUT2D eigenvalue weighted by Crippen LogP contribution is 2.22. The predicted octanol–water partition coefficient (Wildman–Crippen LogP) is 1.55. The van der Waals surface area contributed by atoms with Crippen LogP contribution in [0.2, 0.25) is 0 Å². The Morgan fingerprint density at radius 1 is 0.778 bits per heavy atom. The predicted molar refractivity (Wildman–Crippen MR) is 80.2 cm³/mol. The normalized spacial score (nSPS) is 8.44. The molecule has 2 aromatic rings. The molecule has 0 saturated heterocycles. The number of nitrogens with zero attached hydrogens (tertiary/aromatic N) is 3. The summed E-state index contributed by atoms with van der Waals surface area (Å²) in [4.78, 5) is 12.0. The van der Waals surface area contributed by atoms with Crippen LogP contribution in [0, 0.1) is 0 Å². The molecule has 6 nitrogen and oxygen atoms in total. The van der Waals surface area contributed by atoms with Crippen LogP contribution in [0.1, 0.15) is 0 Å². The molecule has 0 bridgehead atoms. The summed E-state index contributed by atoms with van der Waals surface area (Å²) < 4.78 is 0. The second kappa shape index (κ2) is 7.75. The summed E-state index contributed by atoms with van der Waals surface area (Å²) in [5.74, 6) is 0.824. The molecule has 0 aliphatic rings. The average Bonchev–Trinajstić information content (AvgIpc) is 2.26. The number of nitrogens with two attached hydrogens (primary N) is 3. The van der Waals surface area contributed by atoms with Gasteiger partial charge in [0.15, 0.2) is 17.5 Å². The Labute approximate surface area is 123 Å². The lowest BCUT2D eigenvalue weighted by Gasteiger charge is -2.05. The third-order valence-electron chi connectivity index (χ3n) is 1.94. The largest absolute Gasteiger partial charge is 0.393 e. The molecule has 0 spiro atoms. The molecule has 0 aliphatic heterocycles. The van der Waals surface area contributed by atoms with Crippen molar-refractivity contribution in [3.8, 4) is 11.4 Å². The van der Waals surface area contributed by atoms with E-state index < -0.39 is 0 Å². The third kappa shape index (κ3) is 3.76. The molecule has 6 N–H and O–H groups in total. The van der Waals surface area contributed by atoms with E-state index in [-0.39, 0.29) is 54.5 Å². The van der Waals surface area contributed by atoms with E-state index in [9.17, 15) is 0 Å². The number of pyridine rings is 1. The zero-order valence-electron chi connectivity index (χ0n) is 9.11. The van der Waals surface area contributed by atoms with Crippen LogP contribution in [-0.4, -0.2) is 15.0 Å². The smallest absolute Gasteiger partial charge is 0.164 e. The van der Waals surface area contributed by atoms with Crippen LogP contribution in [0.25, 0.3) is 11.4 Å². The third-order valence-corrected chi connectivity index (χ3v) is 1.94. The fraction of sp³-hybridized carbons (Fsp3) is 0. The maximum atomic E-state index is 5.59. The zero-order chi connectivity index (χ0) is 10.8. The number of hydrogen-bond acceptors (Lipinski definition) is 6. The number of aromatic nitrogens is 3. The molecule has 18 heavy (non-hydrogen) atoms. The molecule has 2 aromatic heterocycles. The monoisotopic (exact) mass is 310 g/mol. The SMILES string of the molecule is Cl.Cl.Cl.Nc1nc(-c2ccncc2)nc(N)c1N. The van der Waals surface area contributed by atoms with Crippen LogP contribution < -0.4 is 17.2 Å². The molecule has 2 rings (SSSR count). The molecule has 2 heterocycles. The van der Waals surface area contributed by atoms with Crippen LogP contribution in [0.15, 0.2) is 24.5 Å². The molecule has 0 aromatic carbocycles. The van der Waals surface area contributed by atoms with E-state index in [2.05, 4.69) is 15.0 Å². The quantitative estimate of drug-likeness (QED) is 0.735. The number of rotatable bonds is 1. The molecular formula is C9H13Cl3N6. The van der Waals surface area contributed by atoms with Gasteiger partial charge in [-0.25, -0.2) is 9.97 Å². The molecule has 0 radical (unpaired) electrons. The van der Waals surface area contributed by atoms with Crippen molar-refractivity contribution in [2.24, 2.45) is 0 Å². The minimum atomic E-state index is 0. The average molecular weight is 312 g/mol. The van der Waals surface area contributed by atoms with Gasteiger partial charge in [0.05, 0.1) is 0 Å². The van der Waals surface area contributed by atoms with Crippen LogP contribution in [0.5, 0.6) is 0 Å². The summed E-state index contributed by atoms with van der Waals surface area (Å²) in [6.07, 6.45) is 3.28. The highest BCUT2D eigenvalue weighted by atomic mass is 35.5. The Balaban J connectivity index is 0. The Hall–Kier alpha value is -1.50. The van der Waals surface area contributed by atoms with E-state index in [1.807, 2.05) is 0 Å². The van der Waals surface area contributed by atoms with Gasteiger partial charge < -0.3 is 17.2 Å². The summed E-state index contributed by atoms with van der Waals surface area (Å²) >= 11 is 0. The van der Waals surface area contributed by atoms with Crippen molar-refractivity contribution >= 4 is 54.5 Å². The summed E-state index contributed by atoms with van der Waals surface area (Å²) in [5.41, 5.74) is 17.7. The van der Waals surface area contributed by atoms with Gasteiger partial charge in [0.25, 0.3) is 0 Å². The lowest BCUT2D eigenvalue weighted by atomic mass is 10.2. The van der Waals surface area contributed by atoms with Gasteiger partial charge in [-0.15, -0.1) is 37.2 Å². The van der Waals surface area contributed by atoms with E-state index >= 15 is 0 Å². The second-order valence-corrected chi connectivity index (χ2v) is 2.97. The second-order valence-electron chi connectivity index (χ2n) is 2.97. The highest BCUT2D eigenvalue weighted by Gasteiger charge is 2.07. The molecule has 9 heteroatoms. The van der Waals surface area contributed by atoms with Crippen molar-refractivity contribution in [2.45, 2.75) is 0 Å². The van der Waals surface area contributed by atoms with Crippen molar-refractivity contribution in [3.63, 3.8) is 0 Å². The van der Waals surface area contributed by atoms with Gasteiger partial charge in [-0.05, 0) is 12.1 Å². The van der Waals surface area contributed by atoms with Crippen LogP contribution >= 0.6 is 37.2 Å².